The fourth-order valence-electron chi connectivity index (χ4n) is 4.16. The summed E-state index contributed by atoms with van der Waals surface area (Å²) in [5, 5.41) is 8.94. The summed E-state index contributed by atoms with van der Waals surface area (Å²) in [5.41, 5.74) is 2.59. The van der Waals surface area contributed by atoms with Crippen LogP contribution in [0.25, 0.3) is 0 Å². The molecule has 8 heteroatoms. The van der Waals surface area contributed by atoms with Crippen LogP contribution < -0.4 is 19.3 Å². The number of amides is 1. The molecule has 1 N–H and O–H groups in total. The number of rotatable bonds is 8. The number of anilines is 2. The van der Waals surface area contributed by atoms with Crippen molar-refractivity contribution in [3.05, 3.63) is 58.6 Å². The van der Waals surface area contributed by atoms with Crippen LogP contribution in [0.2, 0.25) is 0 Å². The molecule has 1 aliphatic heterocycles. The third kappa shape index (κ3) is 5.68. The number of para-hydroxylation sites is 1. The van der Waals surface area contributed by atoms with Crippen LogP contribution in [0.5, 0.6) is 11.5 Å². The average molecular weight is 515 g/mol. The van der Waals surface area contributed by atoms with Crippen LogP contribution in [0.3, 0.4) is 0 Å². The van der Waals surface area contributed by atoms with E-state index in [1.165, 1.54) is 0 Å². The highest BCUT2D eigenvalue weighted by atomic mass is 79.9. The van der Waals surface area contributed by atoms with Crippen molar-refractivity contribution in [3.63, 3.8) is 0 Å². The smallest absolute Gasteiger partial charge is 0.341 e. The Morgan fingerprint density at radius 3 is 2.70 bits per heavy atom. The van der Waals surface area contributed by atoms with Crippen molar-refractivity contribution in [3.8, 4) is 11.5 Å². The largest absolute Gasteiger partial charge is 0.486 e. The number of hydrogen-bond donors (Lipinski definition) is 1. The molecule has 0 spiro atoms. The van der Waals surface area contributed by atoms with Gasteiger partial charge in [0.1, 0.15) is 6.61 Å². The number of carbonyl (C=O) groups is 2. The molecule has 0 fully saturated rings. The van der Waals surface area contributed by atoms with Gasteiger partial charge in [0.05, 0.1) is 12.2 Å². The lowest BCUT2D eigenvalue weighted by atomic mass is 9.98. The first-order chi connectivity index (χ1) is 16.0. The van der Waals surface area contributed by atoms with Crippen LogP contribution in [-0.4, -0.2) is 49.8 Å². The highest BCUT2D eigenvalue weighted by Crippen LogP contribution is 2.40. The highest BCUT2D eigenvalue weighted by molar-refractivity contribution is 9.10. The van der Waals surface area contributed by atoms with Gasteiger partial charge in [0.25, 0.3) is 5.91 Å². The number of ether oxygens (including phenoxy) is 2. The Bertz CT molecular complexity index is 1040. The number of halogens is 1. The Balaban J connectivity index is 1.54. The number of carboxylic acids is 1. The zero-order chi connectivity index (χ0) is 23.2. The summed E-state index contributed by atoms with van der Waals surface area (Å²) in [7, 11) is 0. The molecule has 0 saturated carbocycles. The lowest BCUT2D eigenvalue weighted by molar-refractivity contribution is -0.139. The Hall–Kier alpha value is -3.00. The minimum absolute atomic E-state index is 0.0593. The van der Waals surface area contributed by atoms with Crippen molar-refractivity contribution in [2.75, 3.05) is 42.6 Å². The third-order valence-corrected chi connectivity index (χ3v) is 6.33. The maximum Gasteiger partial charge on any atom is 0.341 e. The number of carbonyl (C=O) groups excluding carboxylic acids is 1. The predicted octanol–water partition coefficient (Wildman–Crippen LogP) is 4.64. The Morgan fingerprint density at radius 1 is 1.15 bits per heavy atom. The quantitative estimate of drug-likeness (QED) is 0.552. The fraction of sp³-hybridized carbons (Fsp3) is 0.360. The molecule has 2 aromatic rings. The molecule has 4 rings (SSSR count). The Morgan fingerprint density at radius 2 is 1.97 bits per heavy atom. The number of allylic oxidation sites excluding steroid dienone is 1. The lowest BCUT2D eigenvalue weighted by Crippen LogP contribution is -2.42. The molecule has 0 atom stereocenters. The molecule has 0 saturated heterocycles. The van der Waals surface area contributed by atoms with Gasteiger partial charge in [-0.2, -0.15) is 0 Å². The SMILES string of the molecule is O=C(O)COc1cccc2c1OCCN2CCN(C(=O)C1=CCCCC1)c1ccc(Br)cc1. The second-order valence-electron chi connectivity index (χ2n) is 8.03. The van der Waals surface area contributed by atoms with Gasteiger partial charge in [-0.05, 0) is 62.1 Å². The second-order valence-corrected chi connectivity index (χ2v) is 8.95. The van der Waals surface area contributed by atoms with E-state index in [1.807, 2.05) is 41.3 Å². The first kappa shape index (κ1) is 23.2. The van der Waals surface area contributed by atoms with Crippen molar-refractivity contribution >= 4 is 39.2 Å². The molecule has 174 valence electrons. The van der Waals surface area contributed by atoms with Crippen molar-refractivity contribution in [2.24, 2.45) is 0 Å². The van der Waals surface area contributed by atoms with E-state index in [9.17, 15) is 9.59 Å². The molecule has 1 amide bonds. The van der Waals surface area contributed by atoms with E-state index >= 15 is 0 Å². The molecule has 0 radical (unpaired) electrons. The molecule has 1 aliphatic carbocycles. The molecule has 2 aromatic carbocycles. The maximum absolute atomic E-state index is 13.4. The lowest BCUT2D eigenvalue weighted by Gasteiger charge is -2.34. The zero-order valence-electron chi connectivity index (χ0n) is 18.3. The van der Waals surface area contributed by atoms with Crippen molar-refractivity contribution < 1.29 is 24.2 Å². The first-order valence-corrected chi connectivity index (χ1v) is 11.9. The summed E-state index contributed by atoms with van der Waals surface area (Å²) in [4.78, 5) is 28.3. The van der Waals surface area contributed by atoms with Crippen molar-refractivity contribution in [1.29, 1.82) is 0 Å². The number of aliphatic carboxylic acids is 1. The summed E-state index contributed by atoms with van der Waals surface area (Å²) in [6, 6.07) is 13.3. The second kappa shape index (κ2) is 10.7. The van der Waals surface area contributed by atoms with Gasteiger partial charge in [-0.25, -0.2) is 4.79 Å². The van der Waals surface area contributed by atoms with Gasteiger partial charge in [0, 0.05) is 28.8 Å². The van der Waals surface area contributed by atoms with Crippen molar-refractivity contribution in [2.45, 2.75) is 25.7 Å². The molecule has 1 heterocycles. The van der Waals surface area contributed by atoms with Crippen LogP contribution in [0.1, 0.15) is 25.7 Å². The summed E-state index contributed by atoms with van der Waals surface area (Å²) in [6.07, 6.45) is 6.02. The summed E-state index contributed by atoms with van der Waals surface area (Å²) >= 11 is 3.47. The first-order valence-electron chi connectivity index (χ1n) is 11.1. The third-order valence-electron chi connectivity index (χ3n) is 5.80. The van der Waals surface area contributed by atoms with E-state index in [-0.39, 0.29) is 5.91 Å². The molecule has 0 unspecified atom stereocenters. The van der Waals surface area contributed by atoms with Gasteiger partial charge in [-0.1, -0.05) is 28.1 Å². The number of fused-ring (bicyclic) bond motifs is 1. The number of nitrogens with zero attached hydrogens (tertiary/aromatic N) is 2. The molecular weight excluding hydrogens is 488 g/mol. The zero-order valence-corrected chi connectivity index (χ0v) is 19.9. The molecule has 0 aromatic heterocycles. The van der Waals surface area contributed by atoms with E-state index in [0.717, 1.165) is 47.1 Å². The highest BCUT2D eigenvalue weighted by Gasteiger charge is 2.25. The van der Waals surface area contributed by atoms with Crippen LogP contribution in [-0.2, 0) is 9.59 Å². The summed E-state index contributed by atoms with van der Waals surface area (Å²) in [6.45, 7) is 1.81. The van der Waals surface area contributed by atoms with Crippen molar-refractivity contribution in [1.82, 2.24) is 0 Å². The van der Waals surface area contributed by atoms with E-state index in [1.54, 1.807) is 6.07 Å². The number of carboxylic acid groups (broad SMARTS) is 1. The topological polar surface area (TPSA) is 79.3 Å². The predicted molar refractivity (Wildman–Crippen MR) is 130 cm³/mol. The van der Waals surface area contributed by atoms with Crippen LogP contribution >= 0.6 is 15.9 Å². The number of benzene rings is 2. The van der Waals surface area contributed by atoms with Crippen LogP contribution in [0.15, 0.2) is 58.6 Å². The van der Waals surface area contributed by atoms with E-state index in [0.29, 0.717) is 37.7 Å². The monoisotopic (exact) mass is 514 g/mol. The molecule has 0 bridgehead atoms. The summed E-state index contributed by atoms with van der Waals surface area (Å²) < 4.78 is 12.2. The fourth-order valence-corrected chi connectivity index (χ4v) is 4.42. The normalized spacial score (nSPS) is 15.2. The molecule has 2 aliphatic rings. The van der Waals surface area contributed by atoms with Gasteiger partial charge in [0.2, 0.25) is 0 Å². The van der Waals surface area contributed by atoms with Gasteiger partial charge in [0.15, 0.2) is 18.1 Å². The molecular formula is C25H27BrN2O5. The Kier molecular flexibility index (Phi) is 7.54. The minimum Gasteiger partial charge on any atom is -0.486 e. The maximum atomic E-state index is 13.4. The Labute approximate surface area is 201 Å². The van der Waals surface area contributed by atoms with Crippen LogP contribution in [0, 0.1) is 0 Å². The van der Waals surface area contributed by atoms with E-state index in [2.05, 4.69) is 26.9 Å². The van der Waals surface area contributed by atoms with Crippen LogP contribution in [0.4, 0.5) is 11.4 Å². The average Bonchev–Trinajstić information content (AvgIpc) is 2.84. The molecule has 33 heavy (non-hydrogen) atoms. The standard InChI is InChI=1S/C25H27BrN2O5/c26-19-9-11-20(12-10-19)28(25(31)18-5-2-1-3-6-18)14-13-27-15-16-32-24-21(27)7-4-8-22(24)33-17-23(29)30/h4-5,7-12H,1-3,6,13-17H2,(H,29,30). The van der Waals surface area contributed by atoms with Gasteiger partial charge >= 0.3 is 5.97 Å². The van der Waals surface area contributed by atoms with E-state index in [4.69, 9.17) is 14.6 Å². The minimum atomic E-state index is -1.04. The van der Waals surface area contributed by atoms with Gasteiger partial charge in [-0.15, -0.1) is 0 Å². The summed E-state index contributed by atoms with van der Waals surface area (Å²) in [5.74, 6) is -0.0284. The molecule has 7 nitrogen and oxygen atoms in total. The van der Waals surface area contributed by atoms with E-state index < -0.39 is 12.6 Å². The number of hydrogen-bond acceptors (Lipinski definition) is 5. The van der Waals surface area contributed by atoms with Gasteiger partial charge in [-0.3, -0.25) is 4.79 Å². The van der Waals surface area contributed by atoms with Gasteiger partial charge < -0.3 is 24.4 Å².